The van der Waals surface area contributed by atoms with Crippen LogP contribution in [0.4, 0.5) is 0 Å². The van der Waals surface area contributed by atoms with E-state index in [1.54, 1.807) is 14.2 Å². The summed E-state index contributed by atoms with van der Waals surface area (Å²) >= 11 is 0. The number of benzene rings is 1. The molecule has 0 bridgehead atoms. The van der Waals surface area contributed by atoms with Crippen molar-refractivity contribution in [1.29, 1.82) is 0 Å². The van der Waals surface area contributed by atoms with Crippen LogP contribution in [0.2, 0.25) is 0 Å². The molecule has 0 aliphatic heterocycles. The molecule has 0 radical (unpaired) electrons. The Hall–Kier alpha value is -2.10. The number of methoxy groups -OCH3 is 2. The topological polar surface area (TPSA) is 44.2 Å². The van der Waals surface area contributed by atoms with Gasteiger partial charge in [-0.1, -0.05) is 6.08 Å². The van der Waals surface area contributed by atoms with E-state index < -0.39 is 0 Å². The number of allylic oxidation sites excluding steroid dienone is 2. The summed E-state index contributed by atoms with van der Waals surface area (Å²) in [6.07, 6.45) is 9.52. The first kappa shape index (κ1) is 14.5. The zero-order valence-corrected chi connectivity index (χ0v) is 13.8. The summed E-state index contributed by atoms with van der Waals surface area (Å²) in [4.78, 5) is 9.74. The summed E-state index contributed by atoms with van der Waals surface area (Å²) < 4.78 is 10.9. The van der Waals surface area contributed by atoms with Crippen molar-refractivity contribution < 1.29 is 9.47 Å². The van der Waals surface area contributed by atoms with Crippen LogP contribution in [0.15, 0.2) is 18.2 Å². The van der Waals surface area contributed by atoms with Crippen LogP contribution < -0.4 is 9.47 Å². The highest BCUT2D eigenvalue weighted by Gasteiger charge is 2.28. The van der Waals surface area contributed by atoms with Gasteiger partial charge in [0.05, 0.1) is 25.4 Å². The van der Waals surface area contributed by atoms with Crippen LogP contribution in [0.1, 0.15) is 56.0 Å². The third kappa shape index (κ3) is 2.67. The fourth-order valence-electron chi connectivity index (χ4n) is 3.30. The van der Waals surface area contributed by atoms with Crippen molar-refractivity contribution in [2.45, 2.75) is 44.4 Å². The minimum atomic E-state index is 0.537. The van der Waals surface area contributed by atoms with Crippen LogP contribution in [0, 0.1) is 0 Å². The molecule has 4 heteroatoms. The second kappa shape index (κ2) is 5.84. The Morgan fingerprint density at radius 1 is 1.00 bits per heavy atom. The third-order valence-corrected chi connectivity index (χ3v) is 4.76. The lowest BCUT2D eigenvalue weighted by atomic mass is 9.94. The number of rotatable bonds is 4. The van der Waals surface area contributed by atoms with Gasteiger partial charge in [0, 0.05) is 17.4 Å². The quantitative estimate of drug-likeness (QED) is 0.835. The van der Waals surface area contributed by atoms with Crippen LogP contribution in [0.5, 0.6) is 11.5 Å². The zero-order valence-electron chi connectivity index (χ0n) is 13.8. The maximum atomic E-state index is 5.48. The first-order chi connectivity index (χ1) is 11.3. The van der Waals surface area contributed by atoms with Gasteiger partial charge in [-0.05, 0) is 50.2 Å². The minimum Gasteiger partial charge on any atom is -0.493 e. The Morgan fingerprint density at radius 3 is 2.43 bits per heavy atom. The number of aromatic nitrogens is 2. The maximum absolute atomic E-state index is 5.48. The van der Waals surface area contributed by atoms with Gasteiger partial charge in [0.1, 0.15) is 5.82 Å². The van der Waals surface area contributed by atoms with Gasteiger partial charge < -0.3 is 9.47 Å². The van der Waals surface area contributed by atoms with E-state index in [1.807, 2.05) is 12.1 Å². The molecule has 0 amide bonds. The summed E-state index contributed by atoms with van der Waals surface area (Å²) in [5.41, 5.74) is 3.41. The number of ether oxygens (including phenoxy) is 2. The molecule has 0 saturated heterocycles. The molecule has 1 saturated carbocycles. The molecule has 0 atom stereocenters. The molecule has 1 heterocycles. The fraction of sp³-hybridized carbons (Fsp3) is 0.474. The molecule has 1 fully saturated rings. The van der Waals surface area contributed by atoms with Crippen LogP contribution in [0.3, 0.4) is 0 Å². The van der Waals surface area contributed by atoms with E-state index in [2.05, 4.69) is 6.08 Å². The van der Waals surface area contributed by atoms with E-state index in [1.165, 1.54) is 31.3 Å². The summed E-state index contributed by atoms with van der Waals surface area (Å²) in [5.74, 6) is 2.99. The zero-order chi connectivity index (χ0) is 15.8. The van der Waals surface area contributed by atoms with Crippen molar-refractivity contribution in [2.24, 2.45) is 0 Å². The average Bonchev–Trinajstić information content (AvgIpc) is 3.45. The second-order valence-electron chi connectivity index (χ2n) is 6.40. The average molecular weight is 310 g/mol. The number of fused-ring (bicyclic) bond motifs is 1. The van der Waals surface area contributed by atoms with E-state index in [0.29, 0.717) is 5.92 Å². The standard InChI is InChI=1S/C19H22N2O2/c1-22-16-10-14-15(11-17(16)23-2)20-19(13-8-9-13)21-18(14)12-6-4-3-5-7-12/h6,10-11,13H,3-5,7-9H2,1-2H3. The molecular weight excluding hydrogens is 288 g/mol. The van der Waals surface area contributed by atoms with Gasteiger partial charge in [-0.3, -0.25) is 0 Å². The maximum Gasteiger partial charge on any atom is 0.162 e. The molecule has 2 aliphatic rings. The minimum absolute atomic E-state index is 0.537. The molecule has 2 aliphatic carbocycles. The Balaban J connectivity index is 1.95. The van der Waals surface area contributed by atoms with Gasteiger partial charge in [0.25, 0.3) is 0 Å². The van der Waals surface area contributed by atoms with Gasteiger partial charge in [0.15, 0.2) is 11.5 Å². The predicted octanol–water partition coefficient (Wildman–Crippen LogP) is 4.48. The van der Waals surface area contributed by atoms with E-state index >= 15 is 0 Å². The van der Waals surface area contributed by atoms with E-state index in [-0.39, 0.29) is 0 Å². The lowest BCUT2D eigenvalue weighted by Crippen LogP contribution is -2.03. The molecular formula is C19H22N2O2. The number of hydrogen-bond donors (Lipinski definition) is 0. The van der Waals surface area contributed by atoms with Gasteiger partial charge >= 0.3 is 0 Å². The van der Waals surface area contributed by atoms with Crippen molar-refractivity contribution in [3.8, 4) is 11.5 Å². The van der Waals surface area contributed by atoms with Gasteiger partial charge in [-0.25, -0.2) is 9.97 Å². The normalized spacial score (nSPS) is 17.9. The Labute approximate surface area is 136 Å². The summed E-state index contributed by atoms with van der Waals surface area (Å²) in [6, 6.07) is 4.00. The van der Waals surface area contributed by atoms with Crippen molar-refractivity contribution in [2.75, 3.05) is 14.2 Å². The smallest absolute Gasteiger partial charge is 0.162 e. The molecule has 2 aromatic rings. The van der Waals surface area contributed by atoms with Crippen molar-refractivity contribution in [1.82, 2.24) is 9.97 Å². The van der Waals surface area contributed by atoms with Crippen molar-refractivity contribution in [3.63, 3.8) is 0 Å². The predicted molar refractivity (Wildman–Crippen MR) is 91.1 cm³/mol. The molecule has 1 aromatic carbocycles. The third-order valence-electron chi connectivity index (χ3n) is 4.76. The van der Waals surface area contributed by atoms with E-state index in [4.69, 9.17) is 19.4 Å². The Kier molecular flexibility index (Phi) is 3.68. The summed E-state index contributed by atoms with van der Waals surface area (Å²) in [6.45, 7) is 0. The molecule has 4 nitrogen and oxygen atoms in total. The van der Waals surface area contributed by atoms with E-state index in [0.717, 1.165) is 46.8 Å². The molecule has 120 valence electrons. The van der Waals surface area contributed by atoms with Crippen molar-refractivity contribution in [3.05, 3.63) is 29.7 Å². The Morgan fingerprint density at radius 2 is 1.78 bits per heavy atom. The molecule has 0 N–H and O–H groups in total. The number of hydrogen-bond acceptors (Lipinski definition) is 4. The molecule has 4 rings (SSSR count). The van der Waals surface area contributed by atoms with E-state index in [9.17, 15) is 0 Å². The fourth-order valence-corrected chi connectivity index (χ4v) is 3.30. The molecule has 0 spiro atoms. The summed E-state index contributed by atoms with van der Waals surface area (Å²) in [7, 11) is 3.33. The number of nitrogens with zero attached hydrogens (tertiary/aromatic N) is 2. The molecule has 1 aromatic heterocycles. The highest BCUT2D eigenvalue weighted by atomic mass is 16.5. The molecule has 23 heavy (non-hydrogen) atoms. The van der Waals surface area contributed by atoms with Gasteiger partial charge in [0.2, 0.25) is 0 Å². The largest absolute Gasteiger partial charge is 0.493 e. The first-order valence-electron chi connectivity index (χ1n) is 8.43. The lowest BCUT2D eigenvalue weighted by Gasteiger charge is -2.16. The Bertz CT molecular complexity index is 779. The summed E-state index contributed by atoms with van der Waals surface area (Å²) in [5, 5.41) is 1.07. The second-order valence-corrected chi connectivity index (χ2v) is 6.40. The van der Waals surface area contributed by atoms with Crippen LogP contribution in [-0.2, 0) is 0 Å². The SMILES string of the molecule is COc1cc2nc(C3CC3)nc(C3=CCCCC3)c2cc1OC. The van der Waals surface area contributed by atoms with Crippen LogP contribution in [-0.4, -0.2) is 24.2 Å². The highest BCUT2D eigenvalue weighted by Crippen LogP contribution is 2.42. The van der Waals surface area contributed by atoms with Gasteiger partial charge in [-0.2, -0.15) is 0 Å². The lowest BCUT2D eigenvalue weighted by molar-refractivity contribution is 0.355. The van der Waals surface area contributed by atoms with Gasteiger partial charge in [-0.15, -0.1) is 0 Å². The monoisotopic (exact) mass is 310 g/mol. The highest BCUT2D eigenvalue weighted by molar-refractivity contribution is 5.92. The van der Waals surface area contributed by atoms with Crippen LogP contribution >= 0.6 is 0 Å². The molecule has 0 unspecified atom stereocenters. The van der Waals surface area contributed by atoms with Crippen LogP contribution in [0.25, 0.3) is 16.5 Å². The van der Waals surface area contributed by atoms with Crippen molar-refractivity contribution >= 4 is 16.5 Å². The first-order valence-corrected chi connectivity index (χ1v) is 8.43.